The number of para-hydroxylation sites is 1. The van der Waals surface area contributed by atoms with E-state index in [-0.39, 0.29) is 12.3 Å². The van der Waals surface area contributed by atoms with Gasteiger partial charge in [0.05, 0.1) is 17.7 Å². The van der Waals surface area contributed by atoms with Crippen molar-refractivity contribution in [3.63, 3.8) is 0 Å². The van der Waals surface area contributed by atoms with Crippen molar-refractivity contribution < 1.29 is 0 Å². The number of nitrogens with one attached hydrogen (secondary N) is 3. The van der Waals surface area contributed by atoms with Gasteiger partial charge in [-0.15, -0.1) is 11.3 Å². The molecule has 0 aliphatic carbocycles. The lowest BCUT2D eigenvalue weighted by Gasteiger charge is -2.36. The molecule has 2 atom stereocenters. The molecule has 1 aliphatic heterocycles. The maximum Gasteiger partial charge on any atom is 0.153 e. The first-order chi connectivity index (χ1) is 18.8. The topological polar surface area (TPSA) is 59.9 Å². The van der Waals surface area contributed by atoms with Crippen molar-refractivity contribution in [3.05, 3.63) is 132 Å². The van der Waals surface area contributed by atoms with Gasteiger partial charge in [-0.3, -0.25) is 5.32 Å². The minimum absolute atomic E-state index is 0.0245. The van der Waals surface area contributed by atoms with Crippen LogP contribution < -0.4 is 16.0 Å². The average Bonchev–Trinajstić information content (AvgIpc) is 3.34. The third-order valence-electron chi connectivity index (χ3n) is 7.18. The first kappa shape index (κ1) is 22.6. The van der Waals surface area contributed by atoms with Crippen LogP contribution in [0, 0.1) is 11.3 Å². The number of fused-ring (bicyclic) bond motifs is 4. The summed E-state index contributed by atoms with van der Waals surface area (Å²) in [4.78, 5) is 0. The number of hydrogen-bond acceptors (Lipinski definition) is 5. The molecule has 182 valence electrons. The summed E-state index contributed by atoms with van der Waals surface area (Å²) in [5.41, 5.74) is 7.45. The lowest BCUT2D eigenvalue weighted by atomic mass is 9.94. The lowest BCUT2D eigenvalue weighted by molar-refractivity contribution is 0.527. The SMILES string of the molecule is N#Cc1ccc(C2NC(Nc3cc4c(cc3-c3ccccc3)sc3ccccc34)Nc3ccccc32)cc1. The standard InChI is InChI=1S/C33H24N4S/c34-20-21-14-16-23(17-15-21)32-25-11-4-6-12-28(25)35-33(37-32)36-29-18-27-24-10-5-7-13-30(24)38-31(27)19-26(29)22-8-2-1-3-9-22/h1-19,32-33,35-37H. The summed E-state index contributed by atoms with van der Waals surface area (Å²) >= 11 is 1.83. The van der Waals surface area contributed by atoms with Gasteiger partial charge < -0.3 is 10.6 Å². The third-order valence-corrected chi connectivity index (χ3v) is 8.31. The van der Waals surface area contributed by atoms with Crippen LogP contribution in [-0.4, -0.2) is 6.29 Å². The third kappa shape index (κ3) is 3.97. The quantitative estimate of drug-likeness (QED) is 0.225. The summed E-state index contributed by atoms with van der Waals surface area (Å²) in [6, 6.07) is 42.2. The molecule has 0 saturated heterocycles. The second-order valence-electron chi connectivity index (χ2n) is 9.50. The predicted octanol–water partition coefficient (Wildman–Crippen LogP) is 8.09. The lowest BCUT2D eigenvalue weighted by Crippen LogP contribution is -2.48. The molecule has 7 rings (SSSR count). The Balaban J connectivity index is 1.32. The summed E-state index contributed by atoms with van der Waals surface area (Å²) in [7, 11) is 0. The molecule has 5 heteroatoms. The van der Waals surface area contributed by atoms with E-state index in [0.717, 1.165) is 16.9 Å². The van der Waals surface area contributed by atoms with E-state index in [0.29, 0.717) is 5.56 Å². The van der Waals surface area contributed by atoms with Crippen molar-refractivity contribution >= 4 is 42.9 Å². The smallest absolute Gasteiger partial charge is 0.153 e. The monoisotopic (exact) mass is 508 g/mol. The van der Waals surface area contributed by atoms with Crippen LogP contribution in [0.25, 0.3) is 31.3 Å². The number of thiophene rings is 1. The Hall–Kier alpha value is -4.63. The van der Waals surface area contributed by atoms with Gasteiger partial charge in [0.2, 0.25) is 0 Å². The molecule has 3 N–H and O–H groups in total. The summed E-state index contributed by atoms with van der Waals surface area (Å²) in [6.45, 7) is 0. The van der Waals surface area contributed by atoms with E-state index in [4.69, 9.17) is 0 Å². The zero-order chi connectivity index (χ0) is 25.5. The summed E-state index contributed by atoms with van der Waals surface area (Å²) < 4.78 is 2.57. The fourth-order valence-electron chi connectivity index (χ4n) is 5.34. The molecule has 6 aromatic rings. The zero-order valence-corrected chi connectivity index (χ0v) is 21.3. The Morgan fingerprint density at radius 2 is 1.50 bits per heavy atom. The minimum atomic E-state index is -0.213. The van der Waals surface area contributed by atoms with Crippen molar-refractivity contribution in [1.29, 1.82) is 5.26 Å². The molecule has 0 fully saturated rings. The number of nitriles is 1. The van der Waals surface area contributed by atoms with Gasteiger partial charge in [0.15, 0.2) is 6.29 Å². The summed E-state index contributed by atoms with van der Waals surface area (Å²) in [5.74, 6) is 0. The molecule has 2 unspecified atom stereocenters. The van der Waals surface area contributed by atoms with Gasteiger partial charge in [-0.1, -0.05) is 78.9 Å². The van der Waals surface area contributed by atoms with Gasteiger partial charge in [0.1, 0.15) is 0 Å². The molecule has 1 aliphatic rings. The number of hydrogen-bond donors (Lipinski definition) is 3. The van der Waals surface area contributed by atoms with Gasteiger partial charge in [0.25, 0.3) is 0 Å². The van der Waals surface area contributed by atoms with E-state index < -0.39 is 0 Å². The molecule has 0 saturated carbocycles. The van der Waals surface area contributed by atoms with Crippen LogP contribution >= 0.6 is 11.3 Å². The fourth-order valence-corrected chi connectivity index (χ4v) is 6.47. The van der Waals surface area contributed by atoms with E-state index in [1.165, 1.54) is 36.9 Å². The van der Waals surface area contributed by atoms with Crippen LogP contribution in [0.4, 0.5) is 11.4 Å². The second-order valence-corrected chi connectivity index (χ2v) is 10.6. The molecule has 0 amide bonds. The van der Waals surface area contributed by atoms with Crippen molar-refractivity contribution in [3.8, 4) is 17.2 Å². The van der Waals surface area contributed by atoms with Crippen LogP contribution in [0.1, 0.15) is 22.7 Å². The Morgan fingerprint density at radius 1 is 0.737 bits per heavy atom. The molecule has 1 aromatic heterocycles. The van der Waals surface area contributed by atoms with Gasteiger partial charge in [-0.25, -0.2) is 0 Å². The van der Waals surface area contributed by atoms with Gasteiger partial charge in [-0.05, 0) is 53.1 Å². The highest BCUT2D eigenvalue weighted by Crippen LogP contribution is 2.41. The largest absolute Gasteiger partial charge is 0.353 e. The van der Waals surface area contributed by atoms with Crippen molar-refractivity contribution in [2.75, 3.05) is 10.6 Å². The van der Waals surface area contributed by atoms with Gasteiger partial charge >= 0.3 is 0 Å². The Morgan fingerprint density at radius 3 is 2.34 bits per heavy atom. The van der Waals surface area contributed by atoms with E-state index >= 15 is 0 Å². The molecule has 0 spiro atoms. The van der Waals surface area contributed by atoms with Crippen molar-refractivity contribution in [2.45, 2.75) is 12.3 Å². The number of benzene rings is 5. The van der Waals surface area contributed by atoms with Crippen LogP contribution in [0.2, 0.25) is 0 Å². The van der Waals surface area contributed by atoms with E-state index in [2.05, 4.69) is 113 Å². The molecule has 4 nitrogen and oxygen atoms in total. The second kappa shape index (κ2) is 9.35. The highest BCUT2D eigenvalue weighted by atomic mass is 32.1. The molecular weight excluding hydrogens is 484 g/mol. The van der Waals surface area contributed by atoms with E-state index in [1.54, 1.807) is 0 Å². The van der Waals surface area contributed by atoms with Crippen LogP contribution in [-0.2, 0) is 0 Å². The molecular formula is C33H24N4S. The average molecular weight is 509 g/mol. The van der Waals surface area contributed by atoms with Gasteiger partial charge in [-0.2, -0.15) is 5.26 Å². The first-order valence-electron chi connectivity index (χ1n) is 12.7. The molecule has 0 radical (unpaired) electrons. The maximum atomic E-state index is 9.26. The number of anilines is 2. The van der Waals surface area contributed by atoms with Gasteiger partial charge in [0, 0.05) is 37.1 Å². The van der Waals surface area contributed by atoms with Crippen LogP contribution in [0.5, 0.6) is 0 Å². The van der Waals surface area contributed by atoms with E-state index in [9.17, 15) is 5.26 Å². The first-order valence-corrected chi connectivity index (χ1v) is 13.5. The number of nitrogens with zero attached hydrogens (tertiary/aromatic N) is 1. The normalized spacial score (nSPS) is 16.5. The van der Waals surface area contributed by atoms with Crippen LogP contribution in [0.3, 0.4) is 0 Å². The van der Waals surface area contributed by atoms with E-state index in [1.807, 2.05) is 35.6 Å². The predicted molar refractivity (Wildman–Crippen MR) is 158 cm³/mol. The summed E-state index contributed by atoms with van der Waals surface area (Å²) in [6.07, 6.45) is -0.213. The molecule has 0 bridgehead atoms. The summed E-state index contributed by atoms with van der Waals surface area (Å²) in [5, 5.41) is 23.0. The maximum absolute atomic E-state index is 9.26. The Bertz CT molecular complexity index is 1820. The molecule has 38 heavy (non-hydrogen) atoms. The zero-order valence-electron chi connectivity index (χ0n) is 20.5. The Labute approximate surface area is 225 Å². The van der Waals surface area contributed by atoms with Crippen LogP contribution in [0.15, 0.2) is 115 Å². The fraction of sp³-hybridized carbons (Fsp3) is 0.0606. The molecule has 5 aromatic carbocycles. The highest BCUT2D eigenvalue weighted by Gasteiger charge is 2.27. The molecule has 2 heterocycles. The Kier molecular flexibility index (Phi) is 5.55. The highest BCUT2D eigenvalue weighted by molar-refractivity contribution is 7.25. The van der Waals surface area contributed by atoms with Crippen molar-refractivity contribution in [1.82, 2.24) is 5.32 Å². The minimum Gasteiger partial charge on any atom is -0.353 e. The number of rotatable bonds is 4. The van der Waals surface area contributed by atoms with Crippen molar-refractivity contribution in [2.24, 2.45) is 0 Å².